The number of nitrogens with two attached hydrogens (primary N) is 1. The maximum Gasteiger partial charge on any atom is 0.253 e. The molecule has 0 radical (unpaired) electrons. The lowest BCUT2D eigenvalue weighted by Crippen LogP contribution is -2.50. The number of benzene rings is 2. The minimum Gasteiger partial charge on any atom is -0.336 e. The number of sulfonamides is 2. The molecule has 0 spiro atoms. The van der Waals surface area contributed by atoms with E-state index in [2.05, 4.69) is 0 Å². The number of amides is 1. The molecule has 1 amide bonds. The van der Waals surface area contributed by atoms with E-state index in [0.717, 1.165) is 5.69 Å². The molecule has 9 nitrogen and oxygen atoms in total. The molecule has 0 aliphatic carbocycles. The number of nitrogens with zero attached hydrogens (tertiary/aromatic N) is 3. The Morgan fingerprint density at radius 3 is 1.81 bits per heavy atom. The fourth-order valence-corrected chi connectivity index (χ4v) is 5.48. The number of carbonyl (C=O) groups is 1. The van der Waals surface area contributed by atoms with E-state index < -0.39 is 20.0 Å². The molecule has 1 fully saturated rings. The van der Waals surface area contributed by atoms with Gasteiger partial charge in [0.2, 0.25) is 20.0 Å². The number of carbonyl (C=O) groups excluding carboxylic acids is 1. The van der Waals surface area contributed by atoms with Crippen molar-refractivity contribution in [2.24, 2.45) is 5.14 Å². The van der Waals surface area contributed by atoms with Crippen LogP contribution in [0, 0.1) is 0 Å². The molecular weight excluding hydrogens is 452 g/mol. The minimum atomic E-state index is -3.90. The second-order valence-corrected chi connectivity index (χ2v) is 10.8. The average molecular weight is 475 g/mol. The Bertz CT molecular complexity index is 1310. The molecule has 3 aromatic rings. The lowest BCUT2D eigenvalue weighted by Gasteiger charge is -2.34. The van der Waals surface area contributed by atoms with E-state index >= 15 is 0 Å². The smallest absolute Gasteiger partial charge is 0.253 e. The molecule has 1 saturated heterocycles. The van der Waals surface area contributed by atoms with Gasteiger partial charge in [0.05, 0.1) is 9.79 Å². The van der Waals surface area contributed by atoms with Crippen LogP contribution in [0.1, 0.15) is 10.4 Å². The van der Waals surface area contributed by atoms with E-state index in [-0.39, 0.29) is 41.9 Å². The number of primary sulfonamides is 1. The van der Waals surface area contributed by atoms with E-state index in [9.17, 15) is 21.6 Å². The normalized spacial score (nSPS) is 15.6. The van der Waals surface area contributed by atoms with E-state index in [1.165, 1.54) is 28.6 Å². The lowest BCUT2D eigenvalue weighted by atomic mass is 10.1. The van der Waals surface area contributed by atoms with E-state index in [0.29, 0.717) is 5.56 Å². The highest BCUT2D eigenvalue weighted by Crippen LogP contribution is 2.20. The van der Waals surface area contributed by atoms with Crippen molar-refractivity contribution >= 4 is 26.0 Å². The van der Waals surface area contributed by atoms with Gasteiger partial charge >= 0.3 is 0 Å². The molecule has 0 unspecified atom stereocenters. The molecule has 0 bridgehead atoms. The third-order valence-corrected chi connectivity index (χ3v) is 8.17. The van der Waals surface area contributed by atoms with E-state index in [4.69, 9.17) is 5.14 Å². The number of hydrogen-bond acceptors (Lipinski definition) is 5. The van der Waals surface area contributed by atoms with Crippen LogP contribution in [0.4, 0.5) is 0 Å². The summed E-state index contributed by atoms with van der Waals surface area (Å²) in [6.45, 7) is 0.804. The van der Waals surface area contributed by atoms with Crippen LogP contribution >= 0.6 is 0 Å². The molecule has 32 heavy (non-hydrogen) atoms. The van der Waals surface area contributed by atoms with Crippen LogP contribution in [0.5, 0.6) is 0 Å². The Kier molecular flexibility index (Phi) is 5.91. The van der Waals surface area contributed by atoms with Crippen molar-refractivity contribution in [3.05, 3.63) is 78.6 Å². The van der Waals surface area contributed by atoms with Gasteiger partial charge in [0.1, 0.15) is 0 Å². The third-order valence-electron chi connectivity index (χ3n) is 5.33. The molecule has 0 saturated carbocycles. The van der Waals surface area contributed by atoms with Crippen molar-refractivity contribution in [3.63, 3.8) is 0 Å². The Balaban J connectivity index is 1.41. The van der Waals surface area contributed by atoms with Gasteiger partial charge in [-0.1, -0.05) is 0 Å². The second kappa shape index (κ2) is 8.51. The van der Waals surface area contributed by atoms with Gasteiger partial charge in [0.25, 0.3) is 5.91 Å². The first-order valence-corrected chi connectivity index (χ1v) is 12.8. The van der Waals surface area contributed by atoms with Crippen molar-refractivity contribution in [2.75, 3.05) is 26.2 Å². The van der Waals surface area contributed by atoms with Gasteiger partial charge in [-0.3, -0.25) is 4.79 Å². The standard InChI is InChI=1S/C21H22N4O5S2/c22-31(27,28)19-7-9-20(10-8-19)32(29,30)25-15-13-24(14-16-25)21(26)17-3-5-18(6-4-17)23-11-1-2-12-23/h1-12H,13-16H2,(H2,22,27,28). The molecule has 1 aromatic heterocycles. The van der Waals surface area contributed by atoms with Crippen LogP contribution in [0.15, 0.2) is 82.8 Å². The highest BCUT2D eigenvalue weighted by molar-refractivity contribution is 7.89. The molecule has 0 atom stereocenters. The molecule has 2 aromatic carbocycles. The highest BCUT2D eigenvalue weighted by Gasteiger charge is 2.30. The Morgan fingerprint density at radius 1 is 0.750 bits per heavy atom. The van der Waals surface area contributed by atoms with Crippen molar-refractivity contribution in [3.8, 4) is 5.69 Å². The van der Waals surface area contributed by atoms with Gasteiger partial charge in [0, 0.05) is 49.8 Å². The summed E-state index contributed by atoms with van der Waals surface area (Å²) < 4.78 is 51.7. The zero-order valence-corrected chi connectivity index (χ0v) is 18.7. The molecule has 1 aliphatic rings. The summed E-state index contributed by atoms with van der Waals surface area (Å²) in [5, 5.41) is 5.06. The Labute approximate surface area is 186 Å². The molecule has 1 aliphatic heterocycles. The van der Waals surface area contributed by atoms with Gasteiger partial charge in [-0.2, -0.15) is 4.31 Å². The van der Waals surface area contributed by atoms with Crippen LogP contribution in [0.25, 0.3) is 5.69 Å². The van der Waals surface area contributed by atoms with E-state index in [1.807, 2.05) is 41.2 Å². The molecule has 11 heteroatoms. The maximum absolute atomic E-state index is 12.9. The Morgan fingerprint density at radius 2 is 1.28 bits per heavy atom. The first kappa shape index (κ1) is 22.2. The second-order valence-electron chi connectivity index (χ2n) is 7.35. The van der Waals surface area contributed by atoms with Crippen LogP contribution < -0.4 is 5.14 Å². The average Bonchev–Trinajstić information content (AvgIpc) is 3.33. The fraction of sp³-hybridized carbons (Fsp3) is 0.190. The van der Waals surface area contributed by atoms with Crippen molar-refractivity contribution in [1.29, 1.82) is 0 Å². The van der Waals surface area contributed by atoms with Crippen LogP contribution in [0.3, 0.4) is 0 Å². The topological polar surface area (TPSA) is 123 Å². The Hall–Kier alpha value is -2.99. The van der Waals surface area contributed by atoms with Gasteiger partial charge in [-0.25, -0.2) is 22.0 Å². The molecule has 2 heterocycles. The number of piperazine rings is 1. The largest absolute Gasteiger partial charge is 0.336 e. The zero-order chi connectivity index (χ0) is 22.9. The number of hydrogen-bond donors (Lipinski definition) is 1. The lowest BCUT2D eigenvalue weighted by molar-refractivity contribution is 0.0698. The zero-order valence-electron chi connectivity index (χ0n) is 17.0. The van der Waals surface area contributed by atoms with Crippen LogP contribution in [-0.2, 0) is 20.0 Å². The molecule has 2 N–H and O–H groups in total. The van der Waals surface area contributed by atoms with Gasteiger partial charge in [-0.15, -0.1) is 0 Å². The summed E-state index contributed by atoms with van der Waals surface area (Å²) in [5.41, 5.74) is 1.48. The fourth-order valence-electron chi connectivity index (χ4n) is 3.55. The number of rotatable bonds is 5. The maximum atomic E-state index is 12.9. The van der Waals surface area contributed by atoms with Gasteiger partial charge in [0.15, 0.2) is 0 Å². The molecule has 4 rings (SSSR count). The predicted molar refractivity (Wildman–Crippen MR) is 118 cm³/mol. The number of aromatic nitrogens is 1. The summed E-state index contributed by atoms with van der Waals surface area (Å²) in [5.74, 6) is -0.154. The first-order valence-electron chi connectivity index (χ1n) is 9.82. The van der Waals surface area contributed by atoms with Crippen LogP contribution in [-0.4, -0.2) is 62.7 Å². The van der Waals surface area contributed by atoms with Gasteiger partial charge in [-0.05, 0) is 60.7 Å². The van der Waals surface area contributed by atoms with Crippen molar-refractivity contribution in [2.45, 2.75) is 9.79 Å². The first-order chi connectivity index (χ1) is 15.2. The molecule has 168 valence electrons. The van der Waals surface area contributed by atoms with Crippen LogP contribution in [0.2, 0.25) is 0 Å². The van der Waals surface area contributed by atoms with Crippen molar-refractivity contribution < 1.29 is 21.6 Å². The highest BCUT2D eigenvalue weighted by atomic mass is 32.2. The summed E-state index contributed by atoms with van der Waals surface area (Å²) in [7, 11) is -7.71. The SMILES string of the molecule is NS(=O)(=O)c1ccc(S(=O)(=O)N2CCN(C(=O)c3ccc(-n4cccc4)cc3)CC2)cc1. The molecular formula is C21H22N4O5S2. The van der Waals surface area contributed by atoms with E-state index in [1.54, 1.807) is 17.0 Å². The third kappa shape index (κ3) is 4.46. The minimum absolute atomic E-state index is 0.0229. The monoisotopic (exact) mass is 474 g/mol. The summed E-state index contributed by atoms with van der Waals surface area (Å²) in [6, 6.07) is 15.8. The summed E-state index contributed by atoms with van der Waals surface area (Å²) in [4.78, 5) is 14.3. The quantitative estimate of drug-likeness (QED) is 0.597. The summed E-state index contributed by atoms with van der Waals surface area (Å²) in [6.07, 6.45) is 3.83. The van der Waals surface area contributed by atoms with Gasteiger partial charge < -0.3 is 9.47 Å². The predicted octanol–water partition coefficient (Wildman–Crippen LogP) is 1.27. The summed E-state index contributed by atoms with van der Waals surface area (Å²) >= 11 is 0. The van der Waals surface area contributed by atoms with Crippen molar-refractivity contribution in [1.82, 2.24) is 13.8 Å².